The van der Waals surface area contributed by atoms with Crippen LogP contribution in [0.2, 0.25) is 0 Å². The van der Waals surface area contributed by atoms with Gasteiger partial charge in [-0.15, -0.1) is 0 Å². The first-order valence-corrected chi connectivity index (χ1v) is 6.48. The molecule has 0 spiro atoms. The van der Waals surface area contributed by atoms with Crippen LogP contribution in [0, 0.1) is 0 Å². The number of H-pyrrole nitrogens is 3. The van der Waals surface area contributed by atoms with Crippen molar-refractivity contribution in [3.8, 4) is 0 Å². The predicted octanol–water partition coefficient (Wildman–Crippen LogP) is 1.43. The van der Waals surface area contributed by atoms with E-state index >= 15 is 0 Å². The molecule has 3 N–H and O–H groups in total. The van der Waals surface area contributed by atoms with Crippen molar-refractivity contribution in [3.63, 3.8) is 0 Å². The summed E-state index contributed by atoms with van der Waals surface area (Å²) in [5, 5.41) is 4.03. The van der Waals surface area contributed by atoms with Gasteiger partial charge >= 0.3 is 0 Å². The summed E-state index contributed by atoms with van der Waals surface area (Å²) < 4.78 is 0. The molecule has 4 heteroatoms. The maximum absolute atomic E-state index is 3.13. The smallest absolute Gasteiger partial charge is 0.00893 e. The second kappa shape index (κ2) is 4.03. The highest BCUT2D eigenvalue weighted by atomic mass is 31.1. The van der Waals surface area contributed by atoms with Crippen LogP contribution in [0.15, 0.2) is 55.4 Å². The van der Waals surface area contributed by atoms with Crippen LogP contribution >= 0.6 is 7.92 Å². The van der Waals surface area contributed by atoms with Crippen molar-refractivity contribution in [2.45, 2.75) is 0 Å². The van der Waals surface area contributed by atoms with Gasteiger partial charge in [0.2, 0.25) is 0 Å². The van der Waals surface area contributed by atoms with Gasteiger partial charge in [0.05, 0.1) is 0 Å². The quantitative estimate of drug-likeness (QED) is 0.569. The first kappa shape index (κ1) is 9.49. The van der Waals surface area contributed by atoms with Crippen molar-refractivity contribution in [2.24, 2.45) is 0 Å². The second-order valence-corrected chi connectivity index (χ2v) is 5.76. The molecule has 3 aromatic heterocycles. The fourth-order valence-corrected chi connectivity index (χ4v) is 3.99. The van der Waals surface area contributed by atoms with Gasteiger partial charge in [-0.1, -0.05) is 0 Å². The minimum Gasteiger partial charge on any atom is -0.367 e. The molecule has 0 unspecified atom stereocenters. The van der Waals surface area contributed by atoms with E-state index in [1.165, 1.54) is 15.9 Å². The summed E-state index contributed by atoms with van der Waals surface area (Å²) in [6, 6.07) is 6.43. The van der Waals surface area contributed by atoms with Gasteiger partial charge in [-0.2, -0.15) is 0 Å². The Morgan fingerprint density at radius 3 is 1.25 bits per heavy atom. The van der Waals surface area contributed by atoms with E-state index in [1.54, 1.807) is 0 Å². The number of aromatic nitrogens is 3. The molecule has 3 nitrogen and oxygen atoms in total. The first-order chi connectivity index (χ1) is 7.95. The first-order valence-electron chi connectivity index (χ1n) is 5.13. The third kappa shape index (κ3) is 1.59. The van der Waals surface area contributed by atoms with Crippen molar-refractivity contribution < 1.29 is 0 Å². The SMILES string of the molecule is c1cc(P(c2cc[nH]c2)c2cc[nH]c2)c[nH]1. The average molecular weight is 229 g/mol. The van der Waals surface area contributed by atoms with Crippen molar-refractivity contribution in [3.05, 3.63) is 55.4 Å². The van der Waals surface area contributed by atoms with E-state index < -0.39 is 7.92 Å². The summed E-state index contributed by atoms with van der Waals surface area (Å²) in [4.78, 5) is 9.39. The van der Waals surface area contributed by atoms with Gasteiger partial charge in [-0.05, 0) is 26.1 Å². The number of hydrogen-bond donors (Lipinski definition) is 3. The molecule has 0 atom stereocenters. The molecule has 0 fully saturated rings. The zero-order valence-corrected chi connectivity index (χ0v) is 9.54. The van der Waals surface area contributed by atoms with Crippen molar-refractivity contribution in [1.29, 1.82) is 0 Å². The van der Waals surface area contributed by atoms with E-state index in [4.69, 9.17) is 0 Å². The number of rotatable bonds is 3. The molecule has 0 aliphatic rings. The lowest BCUT2D eigenvalue weighted by Crippen LogP contribution is -2.17. The van der Waals surface area contributed by atoms with E-state index in [0.29, 0.717) is 0 Å². The standard InChI is InChI=1S/C12H12N3P/c1-4-13-7-10(1)16(11-2-5-14-8-11)12-3-6-15-9-12/h1-9,13-15H. The average Bonchev–Trinajstić information content (AvgIpc) is 3.02. The Bertz CT molecular complexity index is 441. The Morgan fingerprint density at radius 2 is 1.00 bits per heavy atom. The molecule has 0 amide bonds. The van der Waals surface area contributed by atoms with Crippen LogP contribution in [0.1, 0.15) is 0 Å². The lowest BCUT2D eigenvalue weighted by molar-refractivity contribution is 1.42. The lowest BCUT2D eigenvalue weighted by atomic mass is 10.6. The molecule has 3 heterocycles. The Kier molecular flexibility index (Phi) is 2.39. The van der Waals surface area contributed by atoms with Gasteiger partial charge in [0.1, 0.15) is 0 Å². The third-order valence-electron chi connectivity index (χ3n) is 2.52. The van der Waals surface area contributed by atoms with Gasteiger partial charge in [0.25, 0.3) is 0 Å². The fourth-order valence-electron chi connectivity index (χ4n) is 1.81. The highest BCUT2D eigenvalue weighted by molar-refractivity contribution is 7.79. The van der Waals surface area contributed by atoms with Gasteiger partial charge in [-0.3, -0.25) is 0 Å². The molecule has 0 saturated carbocycles. The van der Waals surface area contributed by atoms with E-state index in [2.05, 4.69) is 51.7 Å². The van der Waals surface area contributed by atoms with Crippen molar-refractivity contribution in [1.82, 2.24) is 15.0 Å². The Labute approximate surface area is 94.7 Å². The van der Waals surface area contributed by atoms with Gasteiger partial charge in [0.15, 0.2) is 0 Å². The van der Waals surface area contributed by atoms with Crippen LogP contribution < -0.4 is 15.9 Å². The number of nitrogens with one attached hydrogen (secondary N) is 3. The summed E-state index contributed by atoms with van der Waals surface area (Å²) >= 11 is 0. The molecular formula is C12H12N3P. The highest BCUT2D eigenvalue weighted by Gasteiger charge is 2.17. The molecule has 0 aromatic carbocycles. The predicted molar refractivity (Wildman–Crippen MR) is 68.2 cm³/mol. The summed E-state index contributed by atoms with van der Waals surface area (Å²) in [5.41, 5.74) is 0. The molecule has 0 saturated heterocycles. The number of aromatic amines is 3. The Balaban J connectivity index is 2.09. The highest BCUT2D eigenvalue weighted by Crippen LogP contribution is 2.31. The molecule has 16 heavy (non-hydrogen) atoms. The summed E-state index contributed by atoms with van der Waals surface area (Å²) in [6.45, 7) is 0. The molecule has 3 rings (SSSR count). The molecule has 0 radical (unpaired) electrons. The Hall–Kier alpha value is -1.73. The van der Waals surface area contributed by atoms with Gasteiger partial charge in [0, 0.05) is 53.1 Å². The molecular weight excluding hydrogens is 217 g/mol. The lowest BCUT2D eigenvalue weighted by Gasteiger charge is -2.13. The van der Waals surface area contributed by atoms with E-state index in [0.717, 1.165) is 0 Å². The van der Waals surface area contributed by atoms with Gasteiger partial charge < -0.3 is 15.0 Å². The fraction of sp³-hybridized carbons (Fsp3) is 0. The summed E-state index contributed by atoms with van der Waals surface area (Å²) in [7, 11) is -0.429. The van der Waals surface area contributed by atoms with Crippen LogP contribution in [-0.2, 0) is 0 Å². The van der Waals surface area contributed by atoms with Crippen LogP contribution in [0.4, 0.5) is 0 Å². The molecule has 3 aromatic rings. The minimum atomic E-state index is -0.429. The monoisotopic (exact) mass is 229 g/mol. The minimum absolute atomic E-state index is 0.429. The molecule has 80 valence electrons. The summed E-state index contributed by atoms with van der Waals surface area (Å²) in [6.07, 6.45) is 12.2. The van der Waals surface area contributed by atoms with E-state index in [-0.39, 0.29) is 0 Å². The normalized spacial score (nSPS) is 11.1. The maximum atomic E-state index is 3.13. The van der Waals surface area contributed by atoms with Crippen LogP contribution in [0.5, 0.6) is 0 Å². The van der Waals surface area contributed by atoms with Crippen LogP contribution in [-0.4, -0.2) is 15.0 Å². The summed E-state index contributed by atoms with van der Waals surface area (Å²) in [5.74, 6) is 0. The largest absolute Gasteiger partial charge is 0.367 e. The topological polar surface area (TPSA) is 47.4 Å². The second-order valence-electron chi connectivity index (χ2n) is 3.54. The number of hydrogen-bond acceptors (Lipinski definition) is 0. The maximum Gasteiger partial charge on any atom is 0.00893 e. The van der Waals surface area contributed by atoms with E-state index in [1.807, 2.05) is 18.6 Å². The van der Waals surface area contributed by atoms with Crippen LogP contribution in [0.25, 0.3) is 0 Å². The van der Waals surface area contributed by atoms with Crippen molar-refractivity contribution in [2.75, 3.05) is 0 Å². The van der Waals surface area contributed by atoms with E-state index in [9.17, 15) is 0 Å². The van der Waals surface area contributed by atoms with Crippen LogP contribution in [0.3, 0.4) is 0 Å². The third-order valence-corrected chi connectivity index (χ3v) is 4.90. The zero-order valence-electron chi connectivity index (χ0n) is 8.64. The van der Waals surface area contributed by atoms with Gasteiger partial charge in [-0.25, -0.2) is 0 Å². The van der Waals surface area contributed by atoms with Crippen molar-refractivity contribution >= 4 is 23.8 Å². The molecule has 0 aliphatic heterocycles. The Morgan fingerprint density at radius 1 is 0.625 bits per heavy atom. The zero-order chi connectivity index (χ0) is 10.8. The molecule has 0 aliphatic carbocycles. The molecule has 0 bridgehead atoms.